The van der Waals surface area contributed by atoms with E-state index in [0.29, 0.717) is 15.6 Å². The Labute approximate surface area is 86.6 Å². The number of rotatable bonds is 1. The second-order valence-corrected chi connectivity index (χ2v) is 2.94. The summed E-state index contributed by atoms with van der Waals surface area (Å²) in [5, 5.41) is 8.07. The van der Waals surface area contributed by atoms with Crippen LogP contribution in [0.2, 0.25) is 10.0 Å². The van der Waals surface area contributed by atoms with Crippen molar-refractivity contribution in [3.63, 3.8) is 0 Å². The van der Waals surface area contributed by atoms with Crippen LogP contribution in [0.15, 0.2) is 18.2 Å². The lowest BCUT2D eigenvalue weighted by Gasteiger charge is -1.98. The first kappa shape index (κ1) is 11.6. The molecular formula is C7H7Cl3N2. The number of hydrogen-bond donors (Lipinski definition) is 2. The average Bonchev–Trinajstić information content (AvgIpc) is 1.85. The first-order valence-corrected chi connectivity index (χ1v) is 3.65. The van der Waals surface area contributed by atoms with Gasteiger partial charge in [0.2, 0.25) is 0 Å². The van der Waals surface area contributed by atoms with E-state index in [1.807, 2.05) is 0 Å². The molecule has 66 valence electrons. The Balaban J connectivity index is 0.00000121. The molecule has 0 aromatic heterocycles. The van der Waals surface area contributed by atoms with E-state index in [9.17, 15) is 0 Å². The summed E-state index contributed by atoms with van der Waals surface area (Å²) in [7, 11) is 0. The van der Waals surface area contributed by atoms with Crippen molar-refractivity contribution in [3.05, 3.63) is 33.8 Å². The minimum Gasteiger partial charge on any atom is -0.384 e. The SMILES string of the molecule is Cl.N=C(N)c1cc(Cl)cc(Cl)c1. The molecule has 0 saturated heterocycles. The molecular weight excluding hydrogens is 218 g/mol. The number of nitrogens with one attached hydrogen (secondary N) is 1. The van der Waals surface area contributed by atoms with Gasteiger partial charge in [0.1, 0.15) is 5.84 Å². The fourth-order valence-electron chi connectivity index (χ4n) is 0.709. The quantitative estimate of drug-likeness (QED) is 0.560. The van der Waals surface area contributed by atoms with Crippen LogP contribution in [0.25, 0.3) is 0 Å². The van der Waals surface area contributed by atoms with Crippen LogP contribution < -0.4 is 5.73 Å². The van der Waals surface area contributed by atoms with E-state index in [0.717, 1.165) is 0 Å². The molecule has 0 amide bonds. The van der Waals surface area contributed by atoms with E-state index in [4.69, 9.17) is 34.3 Å². The average molecular weight is 226 g/mol. The van der Waals surface area contributed by atoms with Crippen molar-refractivity contribution in [1.29, 1.82) is 5.41 Å². The first-order valence-electron chi connectivity index (χ1n) is 2.90. The molecule has 2 nitrogen and oxygen atoms in total. The molecule has 1 aromatic carbocycles. The van der Waals surface area contributed by atoms with E-state index < -0.39 is 0 Å². The summed E-state index contributed by atoms with van der Waals surface area (Å²) in [5.74, 6) is -0.0330. The van der Waals surface area contributed by atoms with Crippen LogP contribution >= 0.6 is 35.6 Å². The fraction of sp³-hybridized carbons (Fsp3) is 0. The van der Waals surface area contributed by atoms with Crippen molar-refractivity contribution in [2.45, 2.75) is 0 Å². The van der Waals surface area contributed by atoms with Crippen LogP contribution in [0, 0.1) is 5.41 Å². The van der Waals surface area contributed by atoms with Crippen LogP contribution in [0.3, 0.4) is 0 Å². The van der Waals surface area contributed by atoms with Crippen molar-refractivity contribution in [2.24, 2.45) is 5.73 Å². The molecule has 12 heavy (non-hydrogen) atoms. The minimum atomic E-state index is -0.0330. The van der Waals surface area contributed by atoms with Gasteiger partial charge in [0.25, 0.3) is 0 Å². The van der Waals surface area contributed by atoms with E-state index in [-0.39, 0.29) is 18.2 Å². The minimum absolute atomic E-state index is 0. The van der Waals surface area contributed by atoms with Gasteiger partial charge in [0.05, 0.1) is 0 Å². The summed E-state index contributed by atoms with van der Waals surface area (Å²) >= 11 is 11.3. The third-order valence-corrected chi connectivity index (χ3v) is 1.61. The highest BCUT2D eigenvalue weighted by molar-refractivity contribution is 6.35. The Hall–Kier alpha value is -0.440. The summed E-state index contributed by atoms with van der Waals surface area (Å²) in [6.45, 7) is 0. The summed E-state index contributed by atoms with van der Waals surface area (Å²) in [5.41, 5.74) is 5.76. The van der Waals surface area contributed by atoms with Crippen molar-refractivity contribution in [2.75, 3.05) is 0 Å². The topological polar surface area (TPSA) is 49.9 Å². The lowest BCUT2D eigenvalue weighted by molar-refractivity contribution is 1.42. The molecule has 0 spiro atoms. The van der Waals surface area contributed by atoms with Crippen molar-refractivity contribution >= 4 is 41.4 Å². The zero-order valence-corrected chi connectivity index (χ0v) is 8.30. The van der Waals surface area contributed by atoms with Crippen LogP contribution in [0.1, 0.15) is 5.56 Å². The summed E-state index contributed by atoms with van der Waals surface area (Å²) in [4.78, 5) is 0. The van der Waals surface area contributed by atoms with Gasteiger partial charge in [-0.3, -0.25) is 5.41 Å². The number of nitrogen functional groups attached to an aromatic ring is 1. The molecule has 3 N–H and O–H groups in total. The molecule has 0 bridgehead atoms. The number of benzene rings is 1. The maximum Gasteiger partial charge on any atom is 0.122 e. The second-order valence-electron chi connectivity index (χ2n) is 2.07. The van der Waals surface area contributed by atoms with Crippen molar-refractivity contribution < 1.29 is 0 Å². The molecule has 1 aromatic rings. The number of amidine groups is 1. The molecule has 0 saturated carbocycles. The van der Waals surface area contributed by atoms with Gasteiger partial charge in [-0.1, -0.05) is 23.2 Å². The first-order chi connectivity index (χ1) is 5.09. The molecule has 0 aliphatic carbocycles. The van der Waals surface area contributed by atoms with Crippen LogP contribution in [-0.2, 0) is 0 Å². The Morgan fingerprint density at radius 1 is 1.17 bits per heavy atom. The van der Waals surface area contributed by atoms with Crippen LogP contribution in [-0.4, -0.2) is 5.84 Å². The number of halogens is 3. The zero-order chi connectivity index (χ0) is 8.43. The van der Waals surface area contributed by atoms with E-state index in [2.05, 4.69) is 0 Å². The van der Waals surface area contributed by atoms with Gasteiger partial charge in [-0.05, 0) is 18.2 Å². The van der Waals surface area contributed by atoms with Gasteiger partial charge in [-0.2, -0.15) is 0 Å². The molecule has 0 radical (unpaired) electrons. The second kappa shape index (κ2) is 4.55. The van der Waals surface area contributed by atoms with E-state index in [1.54, 1.807) is 18.2 Å². The Morgan fingerprint density at radius 2 is 1.58 bits per heavy atom. The predicted octanol–water partition coefficient (Wildman–Crippen LogP) is 2.70. The van der Waals surface area contributed by atoms with Crippen LogP contribution in [0.4, 0.5) is 0 Å². The van der Waals surface area contributed by atoms with E-state index in [1.165, 1.54) is 0 Å². The molecule has 0 fully saturated rings. The predicted molar refractivity (Wildman–Crippen MR) is 54.7 cm³/mol. The highest BCUT2D eigenvalue weighted by atomic mass is 35.5. The van der Waals surface area contributed by atoms with Gasteiger partial charge in [0, 0.05) is 15.6 Å². The fourth-order valence-corrected chi connectivity index (χ4v) is 1.24. The number of hydrogen-bond acceptors (Lipinski definition) is 1. The van der Waals surface area contributed by atoms with Gasteiger partial charge in [-0.15, -0.1) is 12.4 Å². The molecule has 0 aliphatic heterocycles. The van der Waals surface area contributed by atoms with Crippen LogP contribution in [0.5, 0.6) is 0 Å². The molecule has 0 heterocycles. The van der Waals surface area contributed by atoms with Gasteiger partial charge >= 0.3 is 0 Å². The lowest BCUT2D eigenvalue weighted by atomic mass is 10.2. The highest BCUT2D eigenvalue weighted by Crippen LogP contribution is 2.18. The molecule has 0 unspecified atom stereocenters. The monoisotopic (exact) mass is 224 g/mol. The maximum atomic E-state index is 7.09. The largest absolute Gasteiger partial charge is 0.384 e. The third-order valence-electron chi connectivity index (χ3n) is 1.17. The Morgan fingerprint density at radius 3 is 1.92 bits per heavy atom. The van der Waals surface area contributed by atoms with Gasteiger partial charge in [0.15, 0.2) is 0 Å². The summed E-state index contributed by atoms with van der Waals surface area (Å²) in [6, 6.07) is 4.78. The normalized spacial score (nSPS) is 8.83. The lowest BCUT2D eigenvalue weighted by Crippen LogP contribution is -2.10. The van der Waals surface area contributed by atoms with Gasteiger partial charge < -0.3 is 5.73 Å². The van der Waals surface area contributed by atoms with E-state index >= 15 is 0 Å². The zero-order valence-electron chi connectivity index (χ0n) is 5.97. The number of nitrogens with two attached hydrogens (primary N) is 1. The molecule has 0 atom stereocenters. The molecule has 0 aliphatic rings. The maximum absolute atomic E-state index is 7.09. The van der Waals surface area contributed by atoms with Crippen molar-refractivity contribution in [3.8, 4) is 0 Å². The smallest absolute Gasteiger partial charge is 0.122 e. The molecule has 5 heteroatoms. The Bertz CT molecular complexity index is 278. The highest BCUT2D eigenvalue weighted by Gasteiger charge is 1.99. The standard InChI is InChI=1S/C7H6Cl2N2.ClH/c8-5-1-4(7(10)11)2-6(9)3-5;/h1-3H,(H3,10,11);1H. The van der Waals surface area contributed by atoms with Crippen molar-refractivity contribution in [1.82, 2.24) is 0 Å². The summed E-state index contributed by atoms with van der Waals surface area (Å²) < 4.78 is 0. The molecule has 1 rings (SSSR count). The third kappa shape index (κ3) is 2.89. The summed E-state index contributed by atoms with van der Waals surface area (Å²) in [6.07, 6.45) is 0. The van der Waals surface area contributed by atoms with Gasteiger partial charge in [-0.25, -0.2) is 0 Å². The Kier molecular flexibility index (Phi) is 4.39.